The van der Waals surface area contributed by atoms with E-state index in [9.17, 15) is 4.79 Å². The number of anilines is 1. The predicted molar refractivity (Wildman–Crippen MR) is 86.3 cm³/mol. The van der Waals surface area contributed by atoms with E-state index in [1.807, 2.05) is 29.2 Å². The maximum atomic E-state index is 12.4. The van der Waals surface area contributed by atoms with Crippen molar-refractivity contribution in [1.82, 2.24) is 14.9 Å². The second-order valence-electron chi connectivity index (χ2n) is 5.28. The van der Waals surface area contributed by atoms with Crippen LogP contribution < -0.4 is 4.90 Å². The number of hydrogen-bond donors (Lipinski definition) is 0. The summed E-state index contributed by atoms with van der Waals surface area (Å²) in [5.74, 6) is 0.660. The number of piperazine rings is 1. The highest BCUT2D eigenvalue weighted by Crippen LogP contribution is 2.21. The molecule has 0 aliphatic carbocycles. The minimum Gasteiger partial charge on any atom is -0.368 e. The number of benzene rings is 1. The number of carbonyl (C=O) groups is 1. The number of nitrogens with zero attached hydrogens (tertiary/aromatic N) is 4. The first-order chi connectivity index (χ1) is 10.6. The maximum absolute atomic E-state index is 12.4. The van der Waals surface area contributed by atoms with Gasteiger partial charge in [-0.2, -0.15) is 0 Å². The van der Waals surface area contributed by atoms with E-state index in [0.717, 1.165) is 23.8 Å². The summed E-state index contributed by atoms with van der Waals surface area (Å²) in [7, 11) is 0. The van der Waals surface area contributed by atoms with Gasteiger partial charge in [-0.25, -0.2) is 9.97 Å². The maximum Gasteiger partial charge on any atom is 0.257 e. The molecule has 0 radical (unpaired) electrons. The molecule has 114 valence electrons. The quantitative estimate of drug-likeness (QED) is 0.853. The molecular formula is C16H17ClN4O. The first kappa shape index (κ1) is 14.8. The molecule has 0 spiro atoms. The lowest BCUT2D eigenvalue weighted by Crippen LogP contribution is -2.48. The highest BCUT2D eigenvalue weighted by molar-refractivity contribution is 6.30. The van der Waals surface area contributed by atoms with Gasteiger partial charge in [0.2, 0.25) is 0 Å². The molecule has 1 aliphatic heterocycles. The predicted octanol–water partition coefficient (Wildman–Crippen LogP) is 2.40. The Bertz CT molecular complexity index is 666. The molecule has 22 heavy (non-hydrogen) atoms. The van der Waals surface area contributed by atoms with E-state index < -0.39 is 0 Å². The van der Waals surface area contributed by atoms with Crippen LogP contribution in [0.4, 0.5) is 5.69 Å². The average Bonchev–Trinajstić information content (AvgIpc) is 2.55. The van der Waals surface area contributed by atoms with Gasteiger partial charge >= 0.3 is 0 Å². The fourth-order valence-corrected chi connectivity index (χ4v) is 2.71. The Labute approximate surface area is 134 Å². The molecule has 0 saturated carbocycles. The van der Waals surface area contributed by atoms with Crippen LogP contribution in [-0.4, -0.2) is 47.0 Å². The zero-order valence-corrected chi connectivity index (χ0v) is 13.1. The van der Waals surface area contributed by atoms with Crippen LogP contribution in [0.15, 0.2) is 36.7 Å². The summed E-state index contributed by atoms with van der Waals surface area (Å²) in [5, 5.41) is 0.729. The van der Waals surface area contributed by atoms with Crippen LogP contribution in [0.2, 0.25) is 5.02 Å². The van der Waals surface area contributed by atoms with Crippen molar-refractivity contribution in [2.24, 2.45) is 0 Å². The summed E-state index contributed by atoms with van der Waals surface area (Å²) in [6.07, 6.45) is 3.18. The Hall–Kier alpha value is -2.14. The lowest BCUT2D eigenvalue weighted by molar-refractivity contribution is 0.0746. The molecule has 6 heteroatoms. The number of carbonyl (C=O) groups excluding carboxylic acids is 1. The van der Waals surface area contributed by atoms with Crippen LogP contribution in [-0.2, 0) is 0 Å². The topological polar surface area (TPSA) is 49.3 Å². The first-order valence-electron chi connectivity index (χ1n) is 7.22. The molecular weight excluding hydrogens is 300 g/mol. The van der Waals surface area contributed by atoms with Crippen molar-refractivity contribution in [3.8, 4) is 0 Å². The Morgan fingerprint density at radius 1 is 1.14 bits per heavy atom. The van der Waals surface area contributed by atoms with Crippen LogP contribution in [0.5, 0.6) is 0 Å². The summed E-state index contributed by atoms with van der Waals surface area (Å²) in [6.45, 7) is 4.74. The molecule has 1 aliphatic rings. The summed E-state index contributed by atoms with van der Waals surface area (Å²) < 4.78 is 0. The minimum atomic E-state index is -0.00857. The molecule has 1 fully saturated rings. The SMILES string of the molecule is Cc1ncc(C(=O)N2CCN(c3cccc(Cl)c3)CC2)cn1. The lowest BCUT2D eigenvalue weighted by atomic mass is 10.2. The standard InChI is InChI=1S/C16H17ClN4O/c1-12-18-10-13(11-19-12)16(22)21-7-5-20(6-8-21)15-4-2-3-14(17)9-15/h2-4,9-11H,5-8H2,1H3. The summed E-state index contributed by atoms with van der Waals surface area (Å²) in [4.78, 5) is 24.7. The van der Waals surface area contributed by atoms with E-state index in [1.165, 1.54) is 0 Å². The smallest absolute Gasteiger partial charge is 0.257 e. The van der Waals surface area contributed by atoms with Gasteiger partial charge in [-0.3, -0.25) is 4.79 Å². The highest BCUT2D eigenvalue weighted by Gasteiger charge is 2.22. The molecule has 3 rings (SSSR count). The van der Waals surface area contributed by atoms with Gasteiger partial charge in [0.05, 0.1) is 5.56 Å². The monoisotopic (exact) mass is 316 g/mol. The fraction of sp³-hybridized carbons (Fsp3) is 0.312. The zero-order chi connectivity index (χ0) is 15.5. The number of hydrogen-bond acceptors (Lipinski definition) is 4. The summed E-state index contributed by atoms with van der Waals surface area (Å²) >= 11 is 6.03. The number of halogens is 1. The van der Waals surface area contributed by atoms with Crippen molar-refractivity contribution in [3.05, 3.63) is 53.1 Å². The van der Waals surface area contributed by atoms with Crippen LogP contribution in [0.1, 0.15) is 16.2 Å². The van der Waals surface area contributed by atoms with Gasteiger partial charge in [-0.05, 0) is 25.1 Å². The largest absolute Gasteiger partial charge is 0.368 e. The van der Waals surface area contributed by atoms with Crippen molar-refractivity contribution in [2.45, 2.75) is 6.92 Å². The summed E-state index contributed by atoms with van der Waals surface area (Å²) in [5.41, 5.74) is 1.64. The molecule has 0 bridgehead atoms. The normalized spacial score (nSPS) is 15.0. The van der Waals surface area contributed by atoms with Crippen molar-refractivity contribution in [1.29, 1.82) is 0 Å². The third-order valence-corrected chi connectivity index (χ3v) is 4.00. The second-order valence-corrected chi connectivity index (χ2v) is 5.71. The third kappa shape index (κ3) is 3.20. The molecule has 1 aromatic carbocycles. The molecule has 2 aromatic rings. The van der Waals surface area contributed by atoms with Gasteiger partial charge in [-0.1, -0.05) is 17.7 Å². The van der Waals surface area contributed by atoms with E-state index in [1.54, 1.807) is 19.3 Å². The van der Waals surface area contributed by atoms with E-state index >= 15 is 0 Å². The number of aryl methyl sites for hydroxylation is 1. The minimum absolute atomic E-state index is 0.00857. The van der Waals surface area contributed by atoms with E-state index in [4.69, 9.17) is 11.6 Å². The molecule has 0 N–H and O–H groups in total. The van der Waals surface area contributed by atoms with Gasteiger partial charge in [0.25, 0.3) is 5.91 Å². The average molecular weight is 317 g/mol. The van der Waals surface area contributed by atoms with Crippen LogP contribution in [0, 0.1) is 6.92 Å². The van der Waals surface area contributed by atoms with Crippen molar-refractivity contribution < 1.29 is 4.79 Å². The van der Waals surface area contributed by atoms with Crippen molar-refractivity contribution in [2.75, 3.05) is 31.1 Å². The van der Waals surface area contributed by atoms with Gasteiger partial charge in [0.15, 0.2) is 0 Å². The van der Waals surface area contributed by atoms with Gasteiger partial charge in [0, 0.05) is 49.3 Å². The van der Waals surface area contributed by atoms with Crippen LogP contribution >= 0.6 is 11.6 Å². The molecule has 0 atom stereocenters. The Morgan fingerprint density at radius 3 is 2.45 bits per heavy atom. The number of amides is 1. The third-order valence-electron chi connectivity index (χ3n) is 3.77. The molecule has 1 saturated heterocycles. The van der Waals surface area contributed by atoms with Crippen molar-refractivity contribution >= 4 is 23.2 Å². The second kappa shape index (κ2) is 6.32. The Balaban J connectivity index is 1.64. The molecule has 0 unspecified atom stereocenters. The molecule has 2 heterocycles. The van der Waals surface area contributed by atoms with Crippen LogP contribution in [0.3, 0.4) is 0 Å². The van der Waals surface area contributed by atoms with E-state index in [-0.39, 0.29) is 5.91 Å². The number of aromatic nitrogens is 2. The lowest BCUT2D eigenvalue weighted by Gasteiger charge is -2.36. The van der Waals surface area contributed by atoms with E-state index in [0.29, 0.717) is 24.5 Å². The molecule has 1 amide bonds. The number of rotatable bonds is 2. The first-order valence-corrected chi connectivity index (χ1v) is 7.60. The zero-order valence-electron chi connectivity index (χ0n) is 12.4. The highest BCUT2D eigenvalue weighted by atomic mass is 35.5. The Kier molecular flexibility index (Phi) is 4.24. The molecule has 5 nitrogen and oxygen atoms in total. The summed E-state index contributed by atoms with van der Waals surface area (Å²) in [6, 6.07) is 7.80. The van der Waals surface area contributed by atoms with Crippen LogP contribution in [0.25, 0.3) is 0 Å². The van der Waals surface area contributed by atoms with E-state index in [2.05, 4.69) is 14.9 Å². The van der Waals surface area contributed by atoms with Gasteiger partial charge < -0.3 is 9.80 Å². The fourth-order valence-electron chi connectivity index (χ4n) is 2.53. The van der Waals surface area contributed by atoms with Gasteiger partial charge in [-0.15, -0.1) is 0 Å². The van der Waals surface area contributed by atoms with Crippen molar-refractivity contribution in [3.63, 3.8) is 0 Å². The van der Waals surface area contributed by atoms with Gasteiger partial charge in [0.1, 0.15) is 5.82 Å². The molecule has 1 aromatic heterocycles. The Morgan fingerprint density at radius 2 is 1.82 bits per heavy atom.